The molecule has 0 bridgehead atoms. The van der Waals surface area contributed by atoms with Gasteiger partial charge in [-0.25, -0.2) is 0 Å². The number of carbonyl (C=O) groups is 1. The zero-order chi connectivity index (χ0) is 9.07. The van der Waals surface area contributed by atoms with Gasteiger partial charge in [0.1, 0.15) is 6.04 Å². The maximum absolute atomic E-state index is 10.8. The highest BCUT2D eigenvalue weighted by molar-refractivity contribution is 5.74. The first-order valence-corrected chi connectivity index (χ1v) is 3.75. The van der Waals surface area contributed by atoms with Crippen LogP contribution in [0.3, 0.4) is 0 Å². The van der Waals surface area contributed by atoms with Crippen molar-refractivity contribution in [3.05, 3.63) is 0 Å². The molecule has 0 aliphatic carbocycles. The largest absolute Gasteiger partial charge is 0.464 e. The van der Waals surface area contributed by atoms with Crippen LogP contribution >= 0.6 is 0 Å². The Morgan fingerprint density at radius 1 is 1.55 bits per heavy atom. The summed E-state index contributed by atoms with van der Waals surface area (Å²) in [6.45, 7) is 8.04. The maximum atomic E-state index is 10.8. The van der Waals surface area contributed by atoms with Gasteiger partial charge in [-0.2, -0.15) is 0 Å². The van der Waals surface area contributed by atoms with E-state index in [1.54, 1.807) is 6.92 Å². The lowest BCUT2D eigenvalue weighted by Crippen LogP contribution is -2.31. The predicted molar refractivity (Wildman–Crippen MR) is 44.1 cm³/mol. The van der Waals surface area contributed by atoms with E-state index in [2.05, 4.69) is 0 Å². The zero-order valence-corrected chi connectivity index (χ0v) is 7.68. The van der Waals surface area contributed by atoms with Crippen molar-refractivity contribution < 1.29 is 9.53 Å². The van der Waals surface area contributed by atoms with Gasteiger partial charge in [0.2, 0.25) is 0 Å². The van der Waals surface area contributed by atoms with Gasteiger partial charge in [-0.1, -0.05) is 20.8 Å². The van der Waals surface area contributed by atoms with Crippen LogP contribution in [-0.4, -0.2) is 18.6 Å². The Labute approximate surface area is 67.9 Å². The van der Waals surface area contributed by atoms with E-state index in [9.17, 15) is 4.79 Å². The van der Waals surface area contributed by atoms with Crippen LogP contribution in [0.4, 0.5) is 0 Å². The van der Waals surface area contributed by atoms with E-state index < -0.39 is 6.04 Å². The first-order valence-electron chi connectivity index (χ1n) is 3.75. The first-order chi connectivity index (χ1) is 4.83. The molecule has 0 heterocycles. The minimum Gasteiger partial charge on any atom is -0.464 e. The molecular weight excluding hydrogens is 142 g/mol. The molecule has 2 N–H and O–H groups in total. The molecule has 0 amide bonds. The number of ether oxygens (including phenoxy) is 1. The number of esters is 1. The summed E-state index contributed by atoms with van der Waals surface area (Å²) in [6.07, 6.45) is 0. The van der Waals surface area contributed by atoms with Crippen LogP contribution in [0.2, 0.25) is 0 Å². The molecule has 0 spiro atoms. The minimum atomic E-state index is -0.516. The van der Waals surface area contributed by atoms with Crippen molar-refractivity contribution in [2.75, 3.05) is 6.61 Å². The summed E-state index contributed by atoms with van der Waals surface area (Å²) in [5.74, 6) is -0.333. The monoisotopic (exact) mass is 159 g/mol. The third kappa shape index (κ3) is 5.85. The van der Waals surface area contributed by atoms with Crippen molar-refractivity contribution in [2.24, 2.45) is 11.1 Å². The molecule has 0 aromatic rings. The van der Waals surface area contributed by atoms with E-state index >= 15 is 0 Å². The minimum absolute atomic E-state index is 0.0184. The second-order valence-electron chi connectivity index (χ2n) is 3.96. The van der Waals surface area contributed by atoms with Crippen LogP contribution in [-0.2, 0) is 9.53 Å². The average Bonchev–Trinajstić information content (AvgIpc) is 1.80. The Bertz CT molecular complexity index is 136. The normalized spacial score (nSPS) is 14.3. The lowest BCUT2D eigenvalue weighted by molar-refractivity contribution is -0.147. The van der Waals surface area contributed by atoms with E-state index in [1.807, 2.05) is 20.8 Å². The van der Waals surface area contributed by atoms with Crippen molar-refractivity contribution in [3.63, 3.8) is 0 Å². The Balaban J connectivity index is 3.64. The summed E-state index contributed by atoms with van der Waals surface area (Å²) in [5, 5.41) is 0. The first kappa shape index (κ1) is 10.4. The topological polar surface area (TPSA) is 52.3 Å². The average molecular weight is 159 g/mol. The number of carbonyl (C=O) groups excluding carboxylic acids is 1. The van der Waals surface area contributed by atoms with Gasteiger partial charge in [0, 0.05) is 0 Å². The second-order valence-corrected chi connectivity index (χ2v) is 3.96. The van der Waals surface area contributed by atoms with Crippen molar-refractivity contribution >= 4 is 5.97 Å². The molecule has 0 saturated heterocycles. The highest BCUT2D eigenvalue weighted by Gasteiger charge is 2.15. The molecule has 0 aliphatic heterocycles. The third-order valence-electron chi connectivity index (χ3n) is 1.02. The SMILES string of the molecule is C[C@@H](N)C(=O)OCC(C)(C)C. The number of rotatable bonds is 2. The molecule has 0 aromatic heterocycles. The number of hydrogen-bond acceptors (Lipinski definition) is 3. The summed E-state index contributed by atoms with van der Waals surface area (Å²) in [7, 11) is 0. The number of hydrogen-bond donors (Lipinski definition) is 1. The Kier molecular flexibility index (Phi) is 3.52. The van der Waals surface area contributed by atoms with E-state index in [4.69, 9.17) is 10.5 Å². The van der Waals surface area contributed by atoms with Gasteiger partial charge in [-0.15, -0.1) is 0 Å². The molecule has 0 fully saturated rings. The van der Waals surface area contributed by atoms with Crippen molar-refractivity contribution in [1.29, 1.82) is 0 Å². The number of nitrogens with two attached hydrogens (primary N) is 1. The summed E-state index contributed by atoms with van der Waals surface area (Å²) in [4.78, 5) is 10.8. The zero-order valence-electron chi connectivity index (χ0n) is 7.68. The van der Waals surface area contributed by atoms with Crippen molar-refractivity contribution in [1.82, 2.24) is 0 Å². The summed E-state index contributed by atoms with van der Waals surface area (Å²) < 4.78 is 4.90. The summed E-state index contributed by atoms with van der Waals surface area (Å²) in [6, 6.07) is -0.516. The fourth-order valence-corrected chi connectivity index (χ4v) is 0.419. The van der Waals surface area contributed by atoms with Crippen LogP contribution in [0.25, 0.3) is 0 Å². The standard InChI is InChI=1S/C8H17NO2/c1-6(9)7(10)11-5-8(2,3)4/h6H,5,9H2,1-4H3/t6-/m1/s1. The molecule has 66 valence electrons. The van der Waals surface area contributed by atoms with Crippen molar-refractivity contribution in [3.8, 4) is 0 Å². The molecule has 0 unspecified atom stereocenters. The molecule has 0 radical (unpaired) electrons. The van der Waals surface area contributed by atoms with Crippen LogP contribution in [0, 0.1) is 5.41 Å². The highest BCUT2D eigenvalue weighted by Crippen LogP contribution is 2.12. The van der Waals surface area contributed by atoms with Crippen molar-refractivity contribution in [2.45, 2.75) is 33.7 Å². The van der Waals surface area contributed by atoms with E-state index in [0.29, 0.717) is 6.61 Å². The molecule has 3 nitrogen and oxygen atoms in total. The van der Waals surface area contributed by atoms with Gasteiger partial charge in [-0.05, 0) is 12.3 Å². The molecule has 0 aromatic carbocycles. The third-order valence-corrected chi connectivity index (χ3v) is 1.02. The second kappa shape index (κ2) is 3.72. The van der Waals surface area contributed by atoms with Gasteiger partial charge in [0.25, 0.3) is 0 Å². The van der Waals surface area contributed by atoms with Crippen LogP contribution < -0.4 is 5.73 Å². The van der Waals surface area contributed by atoms with Gasteiger partial charge in [0.05, 0.1) is 6.61 Å². The Morgan fingerprint density at radius 3 is 2.27 bits per heavy atom. The fraction of sp³-hybridized carbons (Fsp3) is 0.875. The predicted octanol–water partition coefficient (Wildman–Crippen LogP) is 0.923. The lowest BCUT2D eigenvalue weighted by atomic mass is 9.99. The lowest BCUT2D eigenvalue weighted by Gasteiger charge is -2.18. The van der Waals surface area contributed by atoms with Crippen LogP contribution in [0.15, 0.2) is 0 Å². The summed E-state index contributed by atoms with van der Waals surface area (Å²) >= 11 is 0. The molecule has 0 aliphatic rings. The molecule has 0 rings (SSSR count). The van der Waals surface area contributed by atoms with Crippen LogP contribution in [0.5, 0.6) is 0 Å². The van der Waals surface area contributed by atoms with Gasteiger partial charge in [-0.3, -0.25) is 4.79 Å². The molecule has 11 heavy (non-hydrogen) atoms. The molecule has 0 saturated carbocycles. The Hall–Kier alpha value is -0.570. The highest BCUT2D eigenvalue weighted by atomic mass is 16.5. The summed E-state index contributed by atoms with van der Waals surface area (Å²) in [5.41, 5.74) is 5.31. The van der Waals surface area contributed by atoms with E-state index in [1.165, 1.54) is 0 Å². The van der Waals surface area contributed by atoms with Gasteiger partial charge >= 0.3 is 5.97 Å². The molecular formula is C8H17NO2. The van der Waals surface area contributed by atoms with Gasteiger partial charge in [0.15, 0.2) is 0 Å². The fourth-order valence-electron chi connectivity index (χ4n) is 0.419. The molecule has 1 atom stereocenters. The van der Waals surface area contributed by atoms with E-state index in [0.717, 1.165) is 0 Å². The van der Waals surface area contributed by atoms with E-state index in [-0.39, 0.29) is 11.4 Å². The van der Waals surface area contributed by atoms with Gasteiger partial charge < -0.3 is 10.5 Å². The molecule has 3 heteroatoms. The van der Waals surface area contributed by atoms with Crippen LogP contribution in [0.1, 0.15) is 27.7 Å². The smallest absolute Gasteiger partial charge is 0.322 e. The Morgan fingerprint density at radius 2 is 2.00 bits per heavy atom. The quantitative estimate of drug-likeness (QED) is 0.610. The maximum Gasteiger partial charge on any atom is 0.322 e.